The Hall–Kier alpha value is -6.84. The molecule has 10 rings (SSSR count). The zero-order valence-corrected chi connectivity index (χ0v) is 28.8. The molecule has 3 heteroatoms. The molecule has 0 saturated carbocycles. The van der Waals surface area contributed by atoms with Gasteiger partial charge in [-0.1, -0.05) is 110 Å². The van der Waals surface area contributed by atoms with Gasteiger partial charge in [-0.05, 0) is 102 Å². The molecule has 0 amide bonds. The second kappa shape index (κ2) is 11.9. The lowest BCUT2D eigenvalue weighted by Crippen LogP contribution is -1.96. The molecule has 7 aromatic carbocycles. The summed E-state index contributed by atoms with van der Waals surface area (Å²) < 4.78 is 11.0. The standard InChI is InChI=1S/C49H34N2O/c1-3-5-18-36(4-2)50-44-24-21-34(32-14-8-6-9-15-32)27-39(44)41-30-42-40-28-35(33-16-10-7-11-17-33)22-25-45(40)51(47(42)31-46(41)50)37-23-26-49-43(29-37)38-19-12-13-20-48(38)52-49/h3-31H,2H2,1H3/b5-3-,36-18+. The summed E-state index contributed by atoms with van der Waals surface area (Å²) in [5.41, 5.74) is 13.3. The summed E-state index contributed by atoms with van der Waals surface area (Å²) in [5.74, 6) is 0. The molecule has 0 atom stereocenters. The minimum Gasteiger partial charge on any atom is -0.456 e. The van der Waals surface area contributed by atoms with Crippen molar-refractivity contribution < 1.29 is 4.42 Å². The topological polar surface area (TPSA) is 23.0 Å². The summed E-state index contributed by atoms with van der Waals surface area (Å²) >= 11 is 0. The Morgan fingerprint density at radius 2 is 1.12 bits per heavy atom. The molecule has 0 unspecified atom stereocenters. The summed E-state index contributed by atoms with van der Waals surface area (Å²) in [6.45, 7) is 6.30. The highest BCUT2D eigenvalue weighted by molar-refractivity contribution is 6.20. The van der Waals surface area contributed by atoms with E-state index in [1.165, 1.54) is 43.8 Å². The van der Waals surface area contributed by atoms with E-state index in [2.05, 4.69) is 173 Å². The lowest BCUT2D eigenvalue weighted by Gasteiger charge is -2.11. The van der Waals surface area contributed by atoms with Crippen molar-refractivity contribution in [3.05, 3.63) is 183 Å². The van der Waals surface area contributed by atoms with Crippen LogP contribution in [-0.4, -0.2) is 9.13 Å². The van der Waals surface area contributed by atoms with Crippen LogP contribution < -0.4 is 0 Å². The first-order valence-electron chi connectivity index (χ1n) is 17.7. The number of benzene rings is 7. The number of hydrogen-bond acceptors (Lipinski definition) is 1. The Morgan fingerprint density at radius 3 is 1.83 bits per heavy atom. The minimum atomic E-state index is 0.888. The number of allylic oxidation sites excluding steroid dienone is 5. The fraction of sp³-hybridized carbons (Fsp3) is 0.0204. The molecular formula is C49H34N2O. The van der Waals surface area contributed by atoms with Crippen molar-refractivity contribution in [3.8, 4) is 27.9 Å². The van der Waals surface area contributed by atoms with Crippen LogP contribution in [0.5, 0.6) is 0 Å². The van der Waals surface area contributed by atoms with Crippen LogP contribution in [0.2, 0.25) is 0 Å². The summed E-state index contributed by atoms with van der Waals surface area (Å²) in [6, 6.07) is 54.6. The number of hydrogen-bond donors (Lipinski definition) is 0. The Bertz CT molecular complexity index is 3080. The third-order valence-electron chi connectivity index (χ3n) is 10.4. The van der Waals surface area contributed by atoms with Crippen LogP contribution in [0.4, 0.5) is 0 Å². The average Bonchev–Trinajstić information content (AvgIpc) is 3.84. The third-order valence-corrected chi connectivity index (χ3v) is 10.4. The number of nitrogens with zero attached hydrogens (tertiary/aromatic N) is 2. The quantitative estimate of drug-likeness (QED) is 0.162. The maximum absolute atomic E-state index is 6.25. The maximum Gasteiger partial charge on any atom is 0.135 e. The Balaban J connectivity index is 1.34. The molecule has 0 aliphatic carbocycles. The molecular weight excluding hydrogens is 633 g/mol. The van der Waals surface area contributed by atoms with Gasteiger partial charge in [0, 0.05) is 43.7 Å². The van der Waals surface area contributed by atoms with Gasteiger partial charge in [0.15, 0.2) is 0 Å². The SMILES string of the molecule is C=C/C(=C\C=C/C)n1c2ccc(-c3ccccc3)cc2c2cc3c4cc(-c5ccccc5)ccc4n(-c4ccc5oc6ccccc6c5c4)c3cc21. The van der Waals surface area contributed by atoms with Gasteiger partial charge in [0.2, 0.25) is 0 Å². The predicted octanol–water partition coefficient (Wildman–Crippen LogP) is 13.7. The van der Waals surface area contributed by atoms with Crippen molar-refractivity contribution >= 4 is 71.2 Å². The molecule has 0 saturated heterocycles. The summed E-state index contributed by atoms with van der Waals surface area (Å²) in [5, 5.41) is 7.05. The van der Waals surface area contributed by atoms with Gasteiger partial charge < -0.3 is 13.6 Å². The molecule has 3 aromatic heterocycles. The molecule has 0 bridgehead atoms. The summed E-state index contributed by atoms with van der Waals surface area (Å²) in [7, 11) is 0. The van der Waals surface area contributed by atoms with Gasteiger partial charge in [0.25, 0.3) is 0 Å². The molecule has 0 fully saturated rings. The van der Waals surface area contributed by atoms with E-state index in [1.54, 1.807) is 0 Å². The Morgan fingerprint density at radius 1 is 0.500 bits per heavy atom. The molecule has 10 aromatic rings. The van der Waals surface area contributed by atoms with E-state index in [0.29, 0.717) is 0 Å². The van der Waals surface area contributed by atoms with Crippen molar-refractivity contribution in [1.29, 1.82) is 0 Å². The van der Waals surface area contributed by atoms with E-state index in [-0.39, 0.29) is 0 Å². The first-order valence-corrected chi connectivity index (χ1v) is 17.7. The second-order valence-corrected chi connectivity index (χ2v) is 13.4. The van der Waals surface area contributed by atoms with E-state index >= 15 is 0 Å². The number of furan rings is 1. The first-order chi connectivity index (χ1) is 25.7. The zero-order valence-electron chi connectivity index (χ0n) is 28.8. The average molecular weight is 667 g/mol. The highest BCUT2D eigenvalue weighted by atomic mass is 16.3. The van der Waals surface area contributed by atoms with E-state index in [4.69, 9.17) is 4.42 Å². The Labute approximate surface area is 301 Å². The molecule has 0 aliphatic rings. The van der Waals surface area contributed by atoms with Crippen LogP contribution >= 0.6 is 0 Å². The Kier molecular flexibility index (Phi) is 6.87. The van der Waals surface area contributed by atoms with Gasteiger partial charge in [-0.15, -0.1) is 0 Å². The van der Waals surface area contributed by atoms with E-state index in [9.17, 15) is 0 Å². The van der Waals surface area contributed by atoms with Crippen LogP contribution in [0.25, 0.3) is 99.2 Å². The number of para-hydroxylation sites is 1. The highest BCUT2D eigenvalue weighted by Crippen LogP contribution is 2.42. The number of aromatic nitrogens is 2. The minimum absolute atomic E-state index is 0.888. The molecule has 246 valence electrons. The first kappa shape index (κ1) is 30.0. The van der Waals surface area contributed by atoms with E-state index in [1.807, 2.05) is 25.1 Å². The van der Waals surface area contributed by atoms with Crippen molar-refractivity contribution in [2.24, 2.45) is 0 Å². The monoisotopic (exact) mass is 666 g/mol. The van der Waals surface area contributed by atoms with Crippen molar-refractivity contribution in [3.63, 3.8) is 0 Å². The van der Waals surface area contributed by atoms with E-state index < -0.39 is 0 Å². The lowest BCUT2D eigenvalue weighted by atomic mass is 10.0. The largest absolute Gasteiger partial charge is 0.456 e. The molecule has 0 spiro atoms. The van der Waals surface area contributed by atoms with E-state index in [0.717, 1.165) is 55.4 Å². The lowest BCUT2D eigenvalue weighted by molar-refractivity contribution is 0.669. The smallest absolute Gasteiger partial charge is 0.135 e. The van der Waals surface area contributed by atoms with Gasteiger partial charge in [-0.3, -0.25) is 0 Å². The molecule has 0 aliphatic heterocycles. The zero-order chi connectivity index (χ0) is 34.8. The highest BCUT2D eigenvalue weighted by Gasteiger charge is 2.20. The molecule has 3 heterocycles. The van der Waals surface area contributed by atoms with Crippen molar-refractivity contribution in [2.45, 2.75) is 6.92 Å². The van der Waals surface area contributed by atoms with Crippen LogP contribution in [0, 0.1) is 0 Å². The van der Waals surface area contributed by atoms with Crippen LogP contribution in [0.1, 0.15) is 6.92 Å². The fourth-order valence-electron chi connectivity index (χ4n) is 7.99. The van der Waals surface area contributed by atoms with Crippen LogP contribution in [0.3, 0.4) is 0 Å². The van der Waals surface area contributed by atoms with Crippen LogP contribution in [0.15, 0.2) is 187 Å². The third kappa shape index (κ3) is 4.60. The van der Waals surface area contributed by atoms with Gasteiger partial charge in [0.05, 0.1) is 22.1 Å². The number of rotatable bonds is 6. The molecule has 52 heavy (non-hydrogen) atoms. The summed E-state index contributed by atoms with van der Waals surface area (Å²) in [6.07, 6.45) is 8.23. The predicted molar refractivity (Wildman–Crippen MR) is 221 cm³/mol. The molecule has 3 nitrogen and oxygen atoms in total. The van der Waals surface area contributed by atoms with Gasteiger partial charge in [-0.2, -0.15) is 0 Å². The summed E-state index contributed by atoms with van der Waals surface area (Å²) in [4.78, 5) is 0. The van der Waals surface area contributed by atoms with Crippen molar-refractivity contribution in [1.82, 2.24) is 9.13 Å². The van der Waals surface area contributed by atoms with Gasteiger partial charge >= 0.3 is 0 Å². The maximum atomic E-state index is 6.25. The van der Waals surface area contributed by atoms with Gasteiger partial charge in [0.1, 0.15) is 11.2 Å². The molecule has 0 N–H and O–H groups in total. The van der Waals surface area contributed by atoms with Crippen LogP contribution in [-0.2, 0) is 0 Å². The van der Waals surface area contributed by atoms with Gasteiger partial charge in [-0.25, -0.2) is 0 Å². The number of fused-ring (bicyclic) bond motifs is 9. The van der Waals surface area contributed by atoms with Crippen molar-refractivity contribution in [2.75, 3.05) is 0 Å². The fourth-order valence-corrected chi connectivity index (χ4v) is 7.99. The second-order valence-electron chi connectivity index (χ2n) is 13.4. The normalized spacial score (nSPS) is 12.4. The molecule has 0 radical (unpaired) electrons.